The Hall–Kier alpha value is -3.40. The van der Waals surface area contributed by atoms with Crippen LogP contribution in [0.15, 0.2) is 66.9 Å². The maximum Gasteiger partial charge on any atom is 0.251 e. The molecule has 0 aliphatic heterocycles. The molecule has 4 rings (SSSR count). The maximum absolute atomic E-state index is 12.3. The minimum Gasteiger partial charge on any atom is -0.352 e. The van der Waals surface area contributed by atoms with Gasteiger partial charge in [0.05, 0.1) is 11.7 Å². The summed E-state index contributed by atoms with van der Waals surface area (Å²) in [7, 11) is 0. The standard InChI is InChI=1S/C25H25N3O/c1-17-6-3-4-8-21(17)25(29)26-15-5-7-19-9-11-20(12-10-19)22-13-14-24-23(18(22)2)16-27-28-24/h3-4,6,8-14,16H,5,7,15H2,1-2H3,(H,26,29)(H,27,28). The fourth-order valence-corrected chi connectivity index (χ4v) is 3.74. The van der Waals surface area contributed by atoms with Crippen molar-refractivity contribution in [2.24, 2.45) is 0 Å². The molecule has 0 radical (unpaired) electrons. The molecular weight excluding hydrogens is 358 g/mol. The lowest BCUT2D eigenvalue weighted by Gasteiger charge is -2.09. The summed E-state index contributed by atoms with van der Waals surface area (Å²) in [6.07, 6.45) is 3.73. The monoisotopic (exact) mass is 383 g/mol. The van der Waals surface area contributed by atoms with Gasteiger partial charge in [0, 0.05) is 17.5 Å². The summed E-state index contributed by atoms with van der Waals surface area (Å²) in [5.74, 6) is 0.00330. The van der Waals surface area contributed by atoms with Gasteiger partial charge >= 0.3 is 0 Å². The molecule has 0 aliphatic carbocycles. The van der Waals surface area contributed by atoms with Crippen molar-refractivity contribution >= 4 is 16.8 Å². The van der Waals surface area contributed by atoms with E-state index in [1.54, 1.807) is 0 Å². The van der Waals surface area contributed by atoms with Gasteiger partial charge in [0.15, 0.2) is 0 Å². The number of carbonyl (C=O) groups is 1. The third-order valence-electron chi connectivity index (χ3n) is 5.48. The summed E-state index contributed by atoms with van der Waals surface area (Å²) < 4.78 is 0. The molecule has 0 atom stereocenters. The summed E-state index contributed by atoms with van der Waals surface area (Å²) in [4.78, 5) is 12.3. The van der Waals surface area contributed by atoms with Crippen LogP contribution in [0.1, 0.15) is 33.5 Å². The number of hydrogen-bond donors (Lipinski definition) is 2. The average molecular weight is 383 g/mol. The Bertz CT molecular complexity index is 1140. The summed E-state index contributed by atoms with van der Waals surface area (Å²) in [5, 5.41) is 11.3. The highest BCUT2D eigenvalue weighted by molar-refractivity contribution is 5.95. The number of aromatic amines is 1. The molecule has 4 heteroatoms. The number of nitrogens with one attached hydrogen (secondary N) is 2. The van der Waals surface area contributed by atoms with Crippen LogP contribution in [0.3, 0.4) is 0 Å². The van der Waals surface area contributed by atoms with Crippen LogP contribution in [-0.2, 0) is 6.42 Å². The first-order valence-corrected chi connectivity index (χ1v) is 9.99. The summed E-state index contributed by atoms with van der Waals surface area (Å²) >= 11 is 0. The number of nitrogens with zero attached hydrogens (tertiary/aromatic N) is 1. The number of fused-ring (bicyclic) bond motifs is 1. The Morgan fingerprint density at radius 3 is 2.59 bits per heavy atom. The molecule has 1 heterocycles. The number of aryl methyl sites for hydroxylation is 3. The molecule has 3 aromatic carbocycles. The van der Waals surface area contributed by atoms with Gasteiger partial charge in [0.25, 0.3) is 5.91 Å². The topological polar surface area (TPSA) is 57.8 Å². The highest BCUT2D eigenvalue weighted by atomic mass is 16.1. The first kappa shape index (κ1) is 18.9. The van der Waals surface area contributed by atoms with E-state index < -0.39 is 0 Å². The molecule has 2 N–H and O–H groups in total. The molecule has 0 spiro atoms. The van der Waals surface area contributed by atoms with E-state index in [-0.39, 0.29) is 5.91 Å². The molecule has 0 saturated heterocycles. The lowest BCUT2D eigenvalue weighted by molar-refractivity contribution is 0.0952. The Kier molecular flexibility index (Phi) is 5.43. The number of carbonyl (C=O) groups excluding carboxylic acids is 1. The van der Waals surface area contributed by atoms with Crippen LogP contribution in [0.5, 0.6) is 0 Å². The molecule has 4 aromatic rings. The van der Waals surface area contributed by atoms with Gasteiger partial charge in [0.2, 0.25) is 0 Å². The summed E-state index contributed by atoms with van der Waals surface area (Å²) in [6.45, 7) is 4.77. The van der Waals surface area contributed by atoms with Crippen molar-refractivity contribution in [3.63, 3.8) is 0 Å². The molecule has 4 nitrogen and oxygen atoms in total. The number of H-pyrrole nitrogens is 1. The molecule has 29 heavy (non-hydrogen) atoms. The number of rotatable bonds is 6. The second-order valence-electron chi connectivity index (χ2n) is 7.44. The van der Waals surface area contributed by atoms with E-state index in [9.17, 15) is 4.79 Å². The Morgan fingerprint density at radius 1 is 1.00 bits per heavy atom. The highest BCUT2D eigenvalue weighted by Gasteiger charge is 2.08. The molecule has 0 aliphatic rings. The van der Waals surface area contributed by atoms with Gasteiger partial charge in [-0.25, -0.2) is 0 Å². The van der Waals surface area contributed by atoms with Crippen LogP contribution < -0.4 is 5.32 Å². The van der Waals surface area contributed by atoms with E-state index in [2.05, 4.69) is 58.8 Å². The van der Waals surface area contributed by atoms with Crippen LogP contribution >= 0.6 is 0 Å². The van der Waals surface area contributed by atoms with Crippen molar-refractivity contribution in [2.75, 3.05) is 6.54 Å². The quantitative estimate of drug-likeness (QED) is 0.449. The predicted molar refractivity (Wildman–Crippen MR) is 118 cm³/mol. The molecule has 0 saturated carbocycles. The molecule has 0 fully saturated rings. The minimum atomic E-state index is 0.00330. The SMILES string of the molecule is Cc1ccccc1C(=O)NCCCc1ccc(-c2ccc3[nH]ncc3c2C)cc1. The normalized spacial score (nSPS) is 11.0. The zero-order valence-electron chi connectivity index (χ0n) is 16.8. The highest BCUT2D eigenvalue weighted by Crippen LogP contribution is 2.29. The second kappa shape index (κ2) is 8.31. The van der Waals surface area contributed by atoms with Gasteiger partial charge in [-0.05, 0) is 66.6 Å². The number of benzene rings is 3. The fraction of sp³-hybridized carbons (Fsp3) is 0.200. The van der Waals surface area contributed by atoms with Gasteiger partial charge in [0.1, 0.15) is 0 Å². The third-order valence-corrected chi connectivity index (χ3v) is 5.48. The fourth-order valence-electron chi connectivity index (χ4n) is 3.74. The van der Waals surface area contributed by atoms with Gasteiger partial charge in [-0.2, -0.15) is 5.10 Å². The molecular formula is C25H25N3O. The van der Waals surface area contributed by atoms with Gasteiger partial charge < -0.3 is 5.32 Å². The molecule has 1 aromatic heterocycles. The largest absolute Gasteiger partial charge is 0.352 e. The zero-order chi connectivity index (χ0) is 20.2. The number of amides is 1. The van der Waals surface area contributed by atoms with Crippen LogP contribution in [-0.4, -0.2) is 22.6 Å². The lowest BCUT2D eigenvalue weighted by Crippen LogP contribution is -2.25. The van der Waals surface area contributed by atoms with Gasteiger partial charge in [-0.15, -0.1) is 0 Å². The van der Waals surface area contributed by atoms with E-state index in [1.165, 1.54) is 22.3 Å². The van der Waals surface area contributed by atoms with Crippen LogP contribution in [0.2, 0.25) is 0 Å². The van der Waals surface area contributed by atoms with E-state index in [1.807, 2.05) is 37.4 Å². The Balaban J connectivity index is 1.34. The Morgan fingerprint density at radius 2 is 1.79 bits per heavy atom. The number of aromatic nitrogens is 2. The Labute approximate surface area is 171 Å². The summed E-state index contributed by atoms with van der Waals surface area (Å²) in [6, 6.07) is 20.6. The predicted octanol–water partition coefficient (Wildman–Crippen LogP) is 5.21. The first-order chi connectivity index (χ1) is 14.1. The smallest absolute Gasteiger partial charge is 0.251 e. The van der Waals surface area contributed by atoms with E-state index in [0.29, 0.717) is 6.54 Å². The van der Waals surface area contributed by atoms with Gasteiger partial charge in [-0.1, -0.05) is 48.5 Å². The van der Waals surface area contributed by atoms with E-state index >= 15 is 0 Å². The van der Waals surface area contributed by atoms with Crippen molar-refractivity contribution in [3.05, 3.63) is 89.1 Å². The minimum absolute atomic E-state index is 0.00330. The molecule has 1 amide bonds. The van der Waals surface area contributed by atoms with E-state index in [4.69, 9.17) is 0 Å². The maximum atomic E-state index is 12.3. The van der Waals surface area contributed by atoms with Gasteiger partial charge in [-0.3, -0.25) is 9.89 Å². The molecule has 0 unspecified atom stereocenters. The first-order valence-electron chi connectivity index (χ1n) is 9.99. The van der Waals surface area contributed by atoms with E-state index in [0.717, 1.165) is 34.9 Å². The third kappa shape index (κ3) is 4.06. The van der Waals surface area contributed by atoms with Crippen molar-refractivity contribution in [2.45, 2.75) is 26.7 Å². The van der Waals surface area contributed by atoms with Crippen LogP contribution in [0, 0.1) is 13.8 Å². The lowest BCUT2D eigenvalue weighted by atomic mass is 9.96. The van der Waals surface area contributed by atoms with Crippen molar-refractivity contribution in [3.8, 4) is 11.1 Å². The summed E-state index contributed by atoms with van der Waals surface area (Å²) in [5.41, 5.74) is 7.78. The molecule has 0 bridgehead atoms. The average Bonchev–Trinajstić information content (AvgIpc) is 3.22. The van der Waals surface area contributed by atoms with Crippen molar-refractivity contribution in [1.82, 2.24) is 15.5 Å². The molecule has 146 valence electrons. The van der Waals surface area contributed by atoms with Crippen molar-refractivity contribution in [1.29, 1.82) is 0 Å². The van der Waals surface area contributed by atoms with Crippen LogP contribution in [0.25, 0.3) is 22.0 Å². The second-order valence-corrected chi connectivity index (χ2v) is 7.44. The van der Waals surface area contributed by atoms with Crippen molar-refractivity contribution < 1.29 is 4.79 Å². The zero-order valence-corrected chi connectivity index (χ0v) is 16.8. The van der Waals surface area contributed by atoms with Crippen LogP contribution in [0.4, 0.5) is 0 Å². The number of hydrogen-bond acceptors (Lipinski definition) is 2.